The van der Waals surface area contributed by atoms with Crippen LogP contribution in [0.5, 0.6) is 0 Å². The zero-order valence-corrected chi connectivity index (χ0v) is 10.4. The number of carbonyl (C=O) groups is 1. The van der Waals surface area contributed by atoms with Gasteiger partial charge in [0, 0.05) is 6.42 Å². The number of thioether (sulfide) groups is 1. The van der Waals surface area contributed by atoms with Gasteiger partial charge in [-0.1, -0.05) is 11.6 Å². The Hall–Kier alpha value is -0.740. The Balaban J connectivity index is 2.72. The molecule has 2 nitrogen and oxygen atoms in total. The van der Waals surface area contributed by atoms with Crippen LogP contribution in [0.4, 0.5) is 4.39 Å². The summed E-state index contributed by atoms with van der Waals surface area (Å²) in [7, 11) is 0. The molecule has 1 rings (SSSR count). The van der Waals surface area contributed by atoms with E-state index in [4.69, 9.17) is 16.7 Å². The quantitative estimate of drug-likeness (QED) is 0.824. The van der Waals surface area contributed by atoms with Crippen molar-refractivity contribution in [1.29, 1.82) is 0 Å². The number of hydrogen-bond donors (Lipinski definition) is 1. The molecule has 0 aliphatic heterocycles. The lowest BCUT2D eigenvalue weighted by Gasteiger charge is -2.06. The van der Waals surface area contributed by atoms with Crippen molar-refractivity contribution in [2.75, 3.05) is 6.26 Å². The average molecular weight is 263 g/mol. The largest absolute Gasteiger partial charge is 0.481 e. The van der Waals surface area contributed by atoms with E-state index in [2.05, 4.69) is 0 Å². The topological polar surface area (TPSA) is 37.3 Å². The average Bonchev–Trinajstić information content (AvgIpc) is 2.16. The van der Waals surface area contributed by atoms with E-state index in [-0.39, 0.29) is 12.2 Å². The summed E-state index contributed by atoms with van der Waals surface area (Å²) in [5.74, 6) is -1.18. The molecule has 0 bridgehead atoms. The van der Waals surface area contributed by atoms with E-state index in [1.54, 1.807) is 12.3 Å². The molecule has 0 fully saturated rings. The van der Waals surface area contributed by atoms with Crippen molar-refractivity contribution in [2.24, 2.45) is 0 Å². The van der Waals surface area contributed by atoms with Crippen LogP contribution in [-0.4, -0.2) is 17.3 Å². The smallest absolute Gasteiger partial charge is 0.303 e. The van der Waals surface area contributed by atoms with Gasteiger partial charge >= 0.3 is 5.97 Å². The molecule has 0 radical (unpaired) electrons. The van der Waals surface area contributed by atoms with Gasteiger partial charge in [-0.05, 0) is 36.8 Å². The number of carboxylic acid groups (broad SMARTS) is 1. The first kappa shape index (κ1) is 13.3. The highest BCUT2D eigenvalue weighted by atomic mass is 35.5. The molecule has 1 N–H and O–H groups in total. The van der Waals surface area contributed by atoms with Gasteiger partial charge in [-0.25, -0.2) is 4.39 Å². The monoisotopic (exact) mass is 262 g/mol. The van der Waals surface area contributed by atoms with Gasteiger partial charge in [-0.3, -0.25) is 4.79 Å². The zero-order chi connectivity index (χ0) is 12.1. The summed E-state index contributed by atoms with van der Waals surface area (Å²) in [6.45, 7) is 0. The van der Waals surface area contributed by atoms with Crippen molar-refractivity contribution < 1.29 is 14.3 Å². The fourth-order valence-corrected chi connectivity index (χ4v) is 2.37. The maximum absolute atomic E-state index is 13.5. The van der Waals surface area contributed by atoms with E-state index in [0.29, 0.717) is 22.8 Å². The third kappa shape index (κ3) is 3.68. The lowest BCUT2D eigenvalue weighted by atomic mass is 10.1. The lowest BCUT2D eigenvalue weighted by Crippen LogP contribution is -1.96. The van der Waals surface area contributed by atoms with Crippen LogP contribution in [0.25, 0.3) is 0 Å². The van der Waals surface area contributed by atoms with Crippen LogP contribution >= 0.6 is 23.4 Å². The summed E-state index contributed by atoms with van der Waals surface area (Å²) in [6.07, 6.45) is 2.86. The highest BCUT2D eigenvalue weighted by Crippen LogP contribution is 2.29. The number of benzene rings is 1. The minimum atomic E-state index is -0.840. The Bertz CT molecular complexity index is 373. The van der Waals surface area contributed by atoms with Crippen LogP contribution in [0.3, 0.4) is 0 Å². The van der Waals surface area contributed by atoms with Crippen molar-refractivity contribution in [2.45, 2.75) is 24.2 Å². The predicted octanol–water partition coefficient (Wildman–Crippen LogP) is 3.61. The first-order valence-electron chi connectivity index (χ1n) is 4.78. The van der Waals surface area contributed by atoms with E-state index in [1.807, 2.05) is 0 Å². The van der Waals surface area contributed by atoms with Gasteiger partial charge in [0.05, 0.1) is 9.92 Å². The van der Waals surface area contributed by atoms with E-state index >= 15 is 0 Å². The number of aliphatic carboxylic acids is 1. The van der Waals surface area contributed by atoms with E-state index in [9.17, 15) is 9.18 Å². The van der Waals surface area contributed by atoms with Crippen LogP contribution in [0.1, 0.15) is 18.4 Å². The second-order valence-corrected chi connectivity index (χ2v) is 4.56. The Morgan fingerprint density at radius 3 is 2.75 bits per heavy atom. The number of carboxylic acids is 1. The summed E-state index contributed by atoms with van der Waals surface area (Å²) in [4.78, 5) is 10.8. The number of aryl methyl sites for hydroxylation is 1. The number of hydrogen-bond acceptors (Lipinski definition) is 2. The fraction of sp³-hybridized carbons (Fsp3) is 0.364. The first-order valence-corrected chi connectivity index (χ1v) is 6.38. The van der Waals surface area contributed by atoms with E-state index in [0.717, 1.165) is 5.56 Å². The Labute approximate surface area is 103 Å². The van der Waals surface area contributed by atoms with Crippen LogP contribution in [0.15, 0.2) is 17.0 Å². The van der Waals surface area contributed by atoms with Gasteiger partial charge < -0.3 is 5.11 Å². The maximum Gasteiger partial charge on any atom is 0.303 e. The third-order valence-electron chi connectivity index (χ3n) is 2.12. The van der Waals surface area contributed by atoms with Crippen LogP contribution in [0, 0.1) is 5.82 Å². The van der Waals surface area contributed by atoms with Crippen molar-refractivity contribution in [3.05, 3.63) is 28.5 Å². The molecular formula is C11H12ClFO2S. The molecule has 0 heterocycles. The van der Waals surface area contributed by atoms with Gasteiger partial charge in [-0.15, -0.1) is 11.8 Å². The van der Waals surface area contributed by atoms with Gasteiger partial charge in [0.2, 0.25) is 0 Å². The second kappa shape index (κ2) is 6.11. The fourth-order valence-electron chi connectivity index (χ4n) is 1.40. The summed E-state index contributed by atoms with van der Waals surface area (Å²) >= 11 is 7.16. The molecule has 16 heavy (non-hydrogen) atoms. The van der Waals surface area contributed by atoms with Crippen molar-refractivity contribution in [1.82, 2.24) is 0 Å². The van der Waals surface area contributed by atoms with Crippen molar-refractivity contribution in [3.8, 4) is 0 Å². The van der Waals surface area contributed by atoms with Crippen LogP contribution in [0.2, 0.25) is 5.02 Å². The SMILES string of the molecule is CSc1c(F)cc(CCCC(=O)O)cc1Cl. The van der Waals surface area contributed by atoms with E-state index in [1.165, 1.54) is 17.8 Å². The molecule has 0 aromatic heterocycles. The maximum atomic E-state index is 13.5. The van der Waals surface area contributed by atoms with Crippen LogP contribution < -0.4 is 0 Å². The third-order valence-corrected chi connectivity index (χ3v) is 3.35. The molecule has 0 aliphatic carbocycles. The van der Waals surface area contributed by atoms with E-state index < -0.39 is 5.97 Å². The zero-order valence-electron chi connectivity index (χ0n) is 8.80. The van der Waals surface area contributed by atoms with Gasteiger partial charge in [-0.2, -0.15) is 0 Å². The molecule has 1 aromatic rings. The molecule has 0 amide bonds. The Morgan fingerprint density at radius 2 is 2.25 bits per heavy atom. The van der Waals surface area contributed by atoms with Crippen molar-refractivity contribution in [3.63, 3.8) is 0 Å². The number of rotatable bonds is 5. The summed E-state index contributed by atoms with van der Waals surface area (Å²) < 4.78 is 13.5. The summed E-state index contributed by atoms with van der Waals surface area (Å²) in [5, 5.41) is 8.87. The normalized spacial score (nSPS) is 10.4. The van der Waals surface area contributed by atoms with Crippen LogP contribution in [-0.2, 0) is 11.2 Å². The molecular weight excluding hydrogens is 251 g/mol. The Kier molecular flexibility index (Phi) is 5.09. The molecule has 0 unspecified atom stereocenters. The second-order valence-electron chi connectivity index (χ2n) is 3.34. The Morgan fingerprint density at radius 1 is 1.56 bits per heavy atom. The molecule has 0 saturated carbocycles. The molecule has 5 heteroatoms. The standard InChI is InChI=1S/C11H12ClFO2S/c1-16-11-8(12)5-7(6-9(11)13)3-2-4-10(14)15/h5-6H,2-4H2,1H3,(H,14,15). The summed E-state index contributed by atoms with van der Waals surface area (Å²) in [6, 6.07) is 3.11. The highest BCUT2D eigenvalue weighted by Gasteiger charge is 2.08. The first-order chi connectivity index (χ1) is 7.54. The molecule has 0 spiro atoms. The van der Waals surface area contributed by atoms with Gasteiger partial charge in [0.15, 0.2) is 0 Å². The minimum Gasteiger partial charge on any atom is -0.481 e. The molecule has 0 aliphatic rings. The summed E-state index contributed by atoms with van der Waals surface area (Å²) in [5.41, 5.74) is 0.738. The highest BCUT2D eigenvalue weighted by molar-refractivity contribution is 7.98. The van der Waals surface area contributed by atoms with Gasteiger partial charge in [0.1, 0.15) is 5.82 Å². The minimum absolute atomic E-state index is 0.0868. The number of halogens is 2. The molecule has 1 aromatic carbocycles. The molecule has 0 atom stereocenters. The molecule has 0 saturated heterocycles. The lowest BCUT2D eigenvalue weighted by molar-refractivity contribution is -0.137. The van der Waals surface area contributed by atoms with Gasteiger partial charge in [0.25, 0.3) is 0 Å². The van der Waals surface area contributed by atoms with Crippen molar-refractivity contribution >= 4 is 29.3 Å². The predicted molar refractivity (Wildman–Crippen MR) is 63.8 cm³/mol. The molecule has 88 valence electrons.